The van der Waals surface area contributed by atoms with E-state index in [1.165, 1.54) is 6.07 Å². The average molecular weight is 361 g/mol. The van der Waals surface area contributed by atoms with Crippen LogP contribution in [0.25, 0.3) is 0 Å². The van der Waals surface area contributed by atoms with E-state index in [1.54, 1.807) is 23.1 Å². The Labute approximate surface area is 152 Å². The van der Waals surface area contributed by atoms with Crippen LogP contribution in [0.5, 0.6) is 0 Å². The number of para-hydroxylation sites is 1. The summed E-state index contributed by atoms with van der Waals surface area (Å²) in [6.45, 7) is 2.31. The van der Waals surface area contributed by atoms with E-state index in [1.807, 2.05) is 4.90 Å². The van der Waals surface area contributed by atoms with Crippen LogP contribution in [0.4, 0.5) is 10.1 Å². The minimum atomic E-state index is -0.445. The molecule has 7 heteroatoms. The van der Waals surface area contributed by atoms with Gasteiger partial charge in [0, 0.05) is 38.0 Å². The van der Waals surface area contributed by atoms with Crippen molar-refractivity contribution >= 4 is 23.9 Å². The lowest BCUT2D eigenvalue weighted by Gasteiger charge is -2.36. The number of halogens is 1. The van der Waals surface area contributed by atoms with Gasteiger partial charge in [0.05, 0.1) is 5.69 Å². The molecule has 0 bridgehead atoms. The summed E-state index contributed by atoms with van der Waals surface area (Å²) in [4.78, 5) is 39.2. The Hall–Kier alpha value is -2.44. The largest absolute Gasteiger partial charge is 0.342 e. The predicted octanol–water partition coefficient (Wildman–Crippen LogP) is 1.87. The predicted molar refractivity (Wildman–Crippen MR) is 94.7 cm³/mol. The Balaban J connectivity index is 1.48. The van der Waals surface area contributed by atoms with Gasteiger partial charge in [-0.05, 0) is 37.8 Å². The number of nitrogens with zero attached hydrogens (tertiary/aromatic N) is 2. The van der Waals surface area contributed by atoms with Crippen LogP contribution in [0, 0.1) is 17.7 Å². The van der Waals surface area contributed by atoms with Crippen LogP contribution >= 0.6 is 0 Å². The number of carbonyl (C=O) groups is 3. The van der Waals surface area contributed by atoms with E-state index in [9.17, 15) is 18.8 Å². The number of hydrogen-bond acceptors (Lipinski definition) is 3. The van der Waals surface area contributed by atoms with Crippen LogP contribution in [0.15, 0.2) is 24.3 Å². The fraction of sp³-hybridized carbons (Fsp3) is 0.526. The molecule has 0 atom stereocenters. The summed E-state index contributed by atoms with van der Waals surface area (Å²) in [6, 6.07) is 6.12. The summed E-state index contributed by atoms with van der Waals surface area (Å²) in [5.74, 6) is -0.746. The van der Waals surface area contributed by atoms with Crippen molar-refractivity contribution in [2.45, 2.75) is 25.7 Å². The van der Waals surface area contributed by atoms with E-state index in [2.05, 4.69) is 5.32 Å². The summed E-state index contributed by atoms with van der Waals surface area (Å²) >= 11 is 0. The van der Waals surface area contributed by atoms with Crippen molar-refractivity contribution in [1.29, 1.82) is 0 Å². The highest BCUT2D eigenvalue weighted by Gasteiger charge is 2.33. The number of amides is 3. The van der Waals surface area contributed by atoms with Crippen molar-refractivity contribution in [1.82, 2.24) is 9.80 Å². The molecule has 26 heavy (non-hydrogen) atoms. The van der Waals surface area contributed by atoms with Gasteiger partial charge in [0.2, 0.25) is 18.2 Å². The standard InChI is InChI=1S/C19H24FN3O3/c20-16-3-1-2-4-17(16)21-18(25)14-5-7-15(8-6-14)19(26)23-11-9-22(13-24)10-12-23/h1-4,13-15H,5-12H2,(H,21,25). The first-order chi connectivity index (χ1) is 12.6. The topological polar surface area (TPSA) is 69.7 Å². The Kier molecular flexibility index (Phi) is 5.85. The van der Waals surface area contributed by atoms with Gasteiger partial charge in [-0.1, -0.05) is 12.1 Å². The van der Waals surface area contributed by atoms with Crippen molar-refractivity contribution in [3.63, 3.8) is 0 Å². The van der Waals surface area contributed by atoms with Gasteiger partial charge < -0.3 is 15.1 Å². The number of rotatable bonds is 4. The summed E-state index contributed by atoms with van der Waals surface area (Å²) in [5, 5.41) is 2.65. The maximum Gasteiger partial charge on any atom is 0.227 e. The highest BCUT2D eigenvalue weighted by Crippen LogP contribution is 2.31. The zero-order chi connectivity index (χ0) is 18.5. The second-order valence-electron chi connectivity index (χ2n) is 6.98. The van der Waals surface area contributed by atoms with Gasteiger partial charge >= 0.3 is 0 Å². The van der Waals surface area contributed by atoms with Crippen LogP contribution in [-0.4, -0.2) is 54.2 Å². The van der Waals surface area contributed by atoms with E-state index < -0.39 is 5.82 Å². The van der Waals surface area contributed by atoms with Crippen molar-refractivity contribution in [3.8, 4) is 0 Å². The fourth-order valence-corrected chi connectivity index (χ4v) is 3.71. The molecule has 2 aliphatic rings. The first-order valence-electron chi connectivity index (χ1n) is 9.12. The molecule has 0 radical (unpaired) electrons. The highest BCUT2D eigenvalue weighted by molar-refractivity contribution is 5.92. The van der Waals surface area contributed by atoms with Crippen LogP contribution in [0.2, 0.25) is 0 Å². The molecular formula is C19H24FN3O3. The summed E-state index contributed by atoms with van der Waals surface area (Å²) in [5.41, 5.74) is 0.198. The second kappa shape index (κ2) is 8.29. The van der Waals surface area contributed by atoms with Crippen molar-refractivity contribution in [3.05, 3.63) is 30.1 Å². The monoisotopic (exact) mass is 361 g/mol. The van der Waals surface area contributed by atoms with Gasteiger partial charge in [0.15, 0.2) is 0 Å². The first-order valence-corrected chi connectivity index (χ1v) is 9.12. The molecule has 1 heterocycles. The Morgan fingerprint density at radius 2 is 1.62 bits per heavy atom. The molecule has 1 aliphatic carbocycles. The van der Waals surface area contributed by atoms with Crippen LogP contribution < -0.4 is 5.32 Å². The van der Waals surface area contributed by atoms with Crippen molar-refractivity contribution in [2.75, 3.05) is 31.5 Å². The van der Waals surface area contributed by atoms with Gasteiger partial charge in [-0.2, -0.15) is 0 Å². The molecule has 1 saturated carbocycles. The molecule has 2 fully saturated rings. The smallest absolute Gasteiger partial charge is 0.227 e. The van der Waals surface area contributed by atoms with E-state index in [0.29, 0.717) is 51.9 Å². The molecular weight excluding hydrogens is 337 g/mol. The van der Waals surface area contributed by atoms with Gasteiger partial charge in [0.1, 0.15) is 5.82 Å². The molecule has 140 valence electrons. The number of benzene rings is 1. The molecule has 1 N–H and O–H groups in total. The summed E-state index contributed by atoms with van der Waals surface area (Å²) in [6.07, 6.45) is 3.42. The maximum atomic E-state index is 13.7. The second-order valence-corrected chi connectivity index (χ2v) is 6.98. The van der Waals surface area contributed by atoms with E-state index in [4.69, 9.17) is 0 Å². The van der Waals surface area contributed by atoms with Crippen molar-refractivity contribution < 1.29 is 18.8 Å². The Morgan fingerprint density at radius 1 is 1.00 bits per heavy atom. The number of carbonyl (C=O) groups excluding carboxylic acids is 3. The highest BCUT2D eigenvalue weighted by atomic mass is 19.1. The zero-order valence-electron chi connectivity index (χ0n) is 14.7. The van der Waals surface area contributed by atoms with Gasteiger partial charge in [-0.15, -0.1) is 0 Å². The molecule has 0 unspecified atom stereocenters. The normalized spacial score (nSPS) is 23.4. The first kappa shape index (κ1) is 18.4. The number of anilines is 1. The maximum absolute atomic E-state index is 13.7. The Morgan fingerprint density at radius 3 is 2.23 bits per heavy atom. The average Bonchev–Trinajstić information content (AvgIpc) is 2.69. The van der Waals surface area contributed by atoms with E-state index in [-0.39, 0.29) is 29.3 Å². The van der Waals surface area contributed by atoms with E-state index >= 15 is 0 Å². The molecule has 1 aromatic carbocycles. The third-order valence-corrected chi connectivity index (χ3v) is 5.35. The number of nitrogens with one attached hydrogen (secondary N) is 1. The van der Waals surface area contributed by atoms with Crippen LogP contribution in [-0.2, 0) is 14.4 Å². The SMILES string of the molecule is O=CN1CCN(C(=O)C2CCC(C(=O)Nc3ccccc3F)CC2)CC1. The molecule has 3 rings (SSSR count). The summed E-state index contributed by atoms with van der Waals surface area (Å²) < 4.78 is 13.7. The van der Waals surface area contributed by atoms with Gasteiger partial charge in [-0.3, -0.25) is 14.4 Å². The minimum absolute atomic E-state index is 0.0599. The molecule has 1 aliphatic heterocycles. The van der Waals surface area contributed by atoms with Gasteiger partial charge in [-0.25, -0.2) is 4.39 Å². The lowest BCUT2D eigenvalue weighted by molar-refractivity contribution is -0.140. The van der Waals surface area contributed by atoms with Crippen LogP contribution in [0.3, 0.4) is 0 Å². The summed E-state index contributed by atoms with van der Waals surface area (Å²) in [7, 11) is 0. The zero-order valence-corrected chi connectivity index (χ0v) is 14.7. The molecule has 0 aromatic heterocycles. The van der Waals surface area contributed by atoms with Gasteiger partial charge in [0.25, 0.3) is 0 Å². The van der Waals surface area contributed by atoms with Crippen molar-refractivity contribution in [2.24, 2.45) is 11.8 Å². The molecule has 0 spiro atoms. The molecule has 6 nitrogen and oxygen atoms in total. The lowest BCUT2D eigenvalue weighted by atomic mass is 9.80. The molecule has 1 saturated heterocycles. The number of hydrogen-bond donors (Lipinski definition) is 1. The third kappa shape index (κ3) is 4.20. The lowest BCUT2D eigenvalue weighted by Crippen LogP contribution is -2.50. The Bertz CT molecular complexity index is 666. The fourth-order valence-electron chi connectivity index (χ4n) is 3.71. The molecule has 1 aromatic rings. The number of piperazine rings is 1. The molecule has 3 amide bonds. The minimum Gasteiger partial charge on any atom is -0.342 e. The van der Waals surface area contributed by atoms with E-state index in [0.717, 1.165) is 6.41 Å². The third-order valence-electron chi connectivity index (χ3n) is 5.35. The quantitative estimate of drug-likeness (QED) is 0.833. The van der Waals surface area contributed by atoms with Crippen LogP contribution in [0.1, 0.15) is 25.7 Å².